The zero-order chi connectivity index (χ0) is 20.2. The number of carbonyl (C=O) groups is 2. The third-order valence-corrected chi connectivity index (χ3v) is 5.32. The van der Waals surface area contributed by atoms with Crippen LogP contribution in [0.15, 0.2) is 66.7 Å². The molecule has 1 aromatic heterocycles. The second-order valence-corrected chi connectivity index (χ2v) is 7.09. The molecule has 1 aliphatic rings. The summed E-state index contributed by atoms with van der Waals surface area (Å²) >= 11 is 0. The predicted molar refractivity (Wildman–Crippen MR) is 111 cm³/mol. The summed E-state index contributed by atoms with van der Waals surface area (Å²) in [6, 6.07) is 20.7. The number of amides is 1. The van der Waals surface area contributed by atoms with Crippen molar-refractivity contribution in [2.24, 2.45) is 0 Å². The lowest BCUT2D eigenvalue weighted by Crippen LogP contribution is -2.28. The van der Waals surface area contributed by atoms with Crippen LogP contribution in [-0.4, -0.2) is 22.9 Å². The van der Waals surface area contributed by atoms with E-state index in [2.05, 4.69) is 5.32 Å². The largest absolute Gasteiger partial charge is 0.494 e. The number of para-hydroxylation sites is 1. The van der Waals surface area contributed by atoms with Gasteiger partial charge in [0.2, 0.25) is 11.7 Å². The van der Waals surface area contributed by atoms with Crippen molar-refractivity contribution in [2.75, 3.05) is 6.61 Å². The Labute approximate surface area is 170 Å². The van der Waals surface area contributed by atoms with Gasteiger partial charge in [0, 0.05) is 29.9 Å². The van der Waals surface area contributed by atoms with E-state index in [-0.39, 0.29) is 17.6 Å². The van der Waals surface area contributed by atoms with Gasteiger partial charge in [-0.25, -0.2) is 0 Å². The van der Waals surface area contributed by atoms with Crippen molar-refractivity contribution < 1.29 is 14.3 Å². The Morgan fingerprint density at radius 2 is 1.79 bits per heavy atom. The Morgan fingerprint density at radius 3 is 2.59 bits per heavy atom. The first-order valence-electron chi connectivity index (χ1n) is 9.96. The van der Waals surface area contributed by atoms with E-state index in [9.17, 15) is 9.59 Å². The Morgan fingerprint density at radius 1 is 1.03 bits per heavy atom. The number of nitrogens with zero attached hydrogens (tertiary/aromatic N) is 1. The predicted octanol–water partition coefficient (Wildman–Crippen LogP) is 3.92. The highest BCUT2D eigenvalue weighted by Gasteiger charge is 2.31. The number of hydrogen-bond donors (Lipinski definition) is 1. The number of hydrogen-bond acceptors (Lipinski definition) is 3. The highest BCUT2D eigenvalue weighted by atomic mass is 16.5. The van der Waals surface area contributed by atoms with Crippen molar-refractivity contribution in [2.45, 2.75) is 32.4 Å². The van der Waals surface area contributed by atoms with Crippen LogP contribution in [0.4, 0.5) is 0 Å². The Kier molecular flexibility index (Phi) is 5.47. The normalized spacial score (nSPS) is 15.0. The maximum atomic E-state index is 12.8. The molecule has 0 bridgehead atoms. The fourth-order valence-corrected chi connectivity index (χ4v) is 3.90. The number of carbonyl (C=O) groups excluding carboxylic acids is 2. The smallest absolute Gasteiger partial charge is 0.229 e. The number of aromatic nitrogens is 1. The van der Waals surface area contributed by atoms with Gasteiger partial charge in [0.25, 0.3) is 0 Å². The molecule has 5 heteroatoms. The van der Waals surface area contributed by atoms with Crippen molar-refractivity contribution in [3.8, 4) is 5.75 Å². The fourth-order valence-electron chi connectivity index (χ4n) is 3.90. The van der Waals surface area contributed by atoms with E-state index < -0.39 is 0 Å². The molecule has 0 saturated carbocycles. The van der Waals surface area contributed by atoms with Gasteiger partial charge in [-0.2, -0.15) is 0 Å². The average Bonchev–Trinajstić information content (AvgIpc) is 3.35. The van der Waals surface area contributed by atoms with Crippen molar-refractivity contribution in [1.82, 2.24) is 9.88 Å². The zero-order valence-corrected chi connectivity index (χ0v) is 16.4. The van der Waals surface area contributed by atoms with Crippen LogP contribution in [0.5, 0.6) is 5.75 Å². The SMILES string of the molecule is CCOc1ccccc1CNC(=O)[C@H]1CCn2c(C(=O)c3ccccc3)ccc21. The van der Waals surface area contributed by atoms with E-state index in [4.69, 9.17) is 4.74 Å². The second-order valence-electron chi connectivity index (χ2n) is 7.09. The van der Waals surface area contributed by atoms with Gasteiger partial charge in [-0.05, 0) is 31.5 Å². The van der Waals surface area contributed by atoms with Gasteiger partial charge in [0.05, 0.1) is 18.2 Å². The Balaban J connectivity index is 1.47. The molecule has 29 heavy (non-hydrogen) atoms. The van der Waals surface area contributed by atoms with E-state index >= 15 is 0 Å². The van der Waals surface area contributed by atoms with Crippen molar-refractivity contribution in [1.29, 1.82) is 0 Å². The van der Waals surface area contributed by atoms with Crippen LogP contribution in [0.3, 0.4) is 0 Å². The first kappa shape index (κ1) is 19.0. The molecule has 1 amide bonds. The maximum Gasteiger partial charge on any atom is 0.229 e. The van der Waals surface area contributed by atoms with Gasteiger partial charge in [0.1, 0.15) is 5.75 Å². The van der Waals surface area contributed by atoms with Gasteiger partial charge >= 0.3 is 0 Å². The number of rotatable bonds is 7. The lowest BCUT2D eigenvalue weighted by molar-refractivity contribution is -0.122. The van der Waals surface area contributed by atoms with Crippen molar-refractivity contribution in [3.63, 3.8) is 0 Å². The molecule has 1 atom stereocenters. The molecule has 148 valence electrons. The minimum Gasteiger partial charge on any atom is -0.494 e. The number of ether oxygens (including phenoxy) is 1. The molecular formula is C24H24N2O3. The summed E-state index contributed by atoms with van der Waals surface area (Å²) in [5.41, 5.74) is 3.16. The first-order valence-corrected chi connectivity index (χ1v) is 9.96. The summed E-state index contributed by atoms with van der Waals surface area (Å²) in [7, 11) is 0. The van der Waals surface area contributed by atoms with Crippen LogP contribution in [0.1, 0.15) is 46.6 Å². The zero-order valence-electron chi connectivity index (χ0n) is 16.4. The molecule has 0 fully saturated rings. The molecule has 0 radical (unpaired) electrons. The lowest BCUT2D eigenvalue weighted by atomic mass is 10.0. The van der Waals surface area contributed by atoms with E-state index in [1.165, 1.54) is 0 Å². The standard InChI is InChI=1S/C24H24N2O3/c1-2-29-22-11-7-6-10-18(22)16-25-24(28)19-14-15-26-20(19)12-13-21(26)23(27)17-8-4-3-5-9-17/h3-13,19H,2,14-16H2,1H3,(H,25,28)/t19-/m0/s1. The lowest BCUT2D eigenvalue weighted by Gasteiger charge is -2.13. The van der Waals surface area contributed by atoms with Crippen LogP contribution in [0.2, 0.25) is 0 Å². The molecule has 1 aliphatic heterocycles. The third-order valence-electron chi connectivity index (χ3n) is 5.32. The third kappa shape index (κ3) is 3.81. The van der Waals surface area contributed by atoms with Gasteiger partial charge in [-0.3, -0.25) is 9.59 Å². The van der Waals surface area contributed by atoms with E-state index in [0.29, 0.717) is 37.4 Å². The van der Waals surface area contributed by atoms with Crippen LogP contribution < -0.4 is 10.1 Å². The molecule has 2 aromatic carbocycles. The second kappa shape index (κ2) is 8.35. The quantitative estimate of drug-likeness (QED) is 0.624. The van der Waals surface area contributed by atoms with Crippen LogP contribution in [-0.2, 0) is 17.9 Å². The first-order chi connectivity index (χ1) is 14.2. The molecule has 0 aliphatic carbocycles. The Bertz CT molecular complexity index is 1020. The number of benzene rings is 2. The number of nitrogens with one attached hydrogen (secondary N) is 1. The summed E-state index contributed by atoms with van der Waals surface area (Å²) in [5, 5.41) is 3.03. The highest BCUT2D eigenvalue weighted by Crippen LogP contribution is 2.31. The molecule has 0 spiro atoms. The summed E-state index contributed by atoms with van der Waals surface area (Å²) in [4.78, 5) is 25.7. The van der Waals surface area contributed by atoms with Crippen molar-refractivity contribution in [3.05, 3.63) is 89.2 Å². The van der Waals surface area contributed by atoms with E-state index in [1.807, 2.05) is 78.2 Å². The molecule has 3 aromatic rings. The summed E-state index contributed by atoms with van der Waals surface area (Å²) in [5.74, 6) is 0.517. The Hall–Kier alpha value is -3.34. The molecule has 1 N–H and O–H groups in total. The summed E-state index contributed by atoms with van der Waals surface area (Å²) in [6.07, 6.45) is 0.699. The molecule has 5 nitrogen and oxygen atoms in total. The topological polar surface area (TPSA) is 60.3 Å². The molecule has 2 heterocycles. The summed E-state index contributed by atoms with van der Waals surface area (Å²) in [6.45, 7) is 3.61. The monoisotopic (exact) mass is 388 g/mol. The minimum atomic E-state index is -0.244. The van der Waals surface area contributed by atoms with Gasteiger partial charge in [0.15, 0.2) is 0 Å². The van der Waals surface area contributed by atoms with E-state index in [1.54, 1.807) is 0 Å². The number of ketones is 1. The maximum absolute atomic E-state index is 12.8. The minimum absolute atomic E-state index is 0.0106. The molecule has 4 rings (SSSR count). The van der Waals surface area contributed by atoms with Crippen LogP contribution in [0, 0.1) is 0 Å². The average molecular weight is 388 g/mol. The fraction of sp³-hybridized carbons (Fsp3) is 0.250. The van der Waals surface area contributed by atoms with Gasteiger partial charge in [-0.1, -0.05) is 48.5 Å². The molecule has 0 unspecified atom stereocenters. The molecular weight excluding hydrogens is 364 g/mol. The van der Waals surface area contributed by atoms with E-state index in [0.717, 1.165) is 17.0 Å². The van der Waals surface area contributed by atoms with Gasteiger partial charge < -0.3 is 14.6 Å². The van der Waals surface area contributed by atoms with Gasteiger partial charge in [-0.15, -0.1) is 0 Å². The van der Waals surface area contributed by atoms with Crippen LogP contribution in [0.25, 0.3) is 0 Å². The summed E-state index contributed by atoms with van der Waals surface area (Å²) < 4.78 is 7.61. The van der Waals surface area contributed by atoms with Crippen molar-refractivity contribution >= 4 is 11.7 Å². The number of fused-ring (bicyclic) bond motifs is 1. The molecule has 0 saturated heterocycles. The van der Waals surface area contributed by atoms with Crippen LogP contribution >= 0.6 is 0 Å². The highest BCUT2D eigenvalue weighted by molar-refractivity contribution is 6.08.